The van der Waals surface area contributed by atoms with E-state index in [9.17, 15) is 14.7 Å². The quantitative estimate of drug-likeness (QED) is 0.840. The maximum absolute atomic E-state index is 12.0. The average Bonchev–Trinajstić information content (AvgIpc) is 2.38. The number of halogens is 1. The van der Waals surface area contributed by atoms with Gasteiger partial charge in [0, 0.05) is 18.1 Å². The van der Waals surface area contributed by atoms with Crippen molar-refractivity contribution in [1.82, 2.24) is 10.2 Å². The van der Waals surface area contributed by atoms with E-state index in [-0.39, 0.29) is 30.8 Å². The molecule has 0 saturated heterocycles. The number of nitrogens with zero attached hydrogens (tertiary/aromatic N) is 1. The van der Waals surface area contributed by atoms with Gasteiger partial charge in [0.15, 0.2) is 0 Å². The maximum Gasteiger partial charge on any atom is 0.239 e. The highest BCUT2D eigenvalue weighted by Gasteiger charge is 2.18. The molecule has 1 unspecified atom stereocenters. The van der Waals surface area contributed by atoms with Gasteiger partial charge in [0.05, 0.1) is 19.1 Å². The minimum Gasteiger partial charge on any atom is -0.388 e. The van der Waals surface area contributed by atoms with E-state index in [1.165, 1.54) is 11.9 Å². The summed E-state index contributed by atoms with van der Waals surface area (Å²) in [7, 11) is 1.54. The van der Waals surface area contributed by atoms with Crippen LogP contribution in [0.5, 0.6) is 0 Å². The molecule has 0 aliphatic heterocycles. The predicted octanol–water partition coefficient (Wildman–Crippen LogP) is 1.75. The van der Waals surface area contributed by atoms with Crippen molar-refractivity contribution in [2.75, 3.05) is 13.6 Å². The molecule has 0 saturated carbocycles. The first kappa shape index (κ1) is 17.5. The molecule has 0 aliphatic carbocycles. The third-order valence-electron chi connectivity index (χ3n) is 2.88. The summed E-state index contributed by atoms with van der Waals surface area (Å²) >= 11 is 5.77. The molecule has 6 heteroatoms. The molecule has 1 aromatic rings. The number of hydrogen-bond acceptors (Lipinski definition) is 3. The minimum absolute atomic E-state index is 0.0235. The molecule has 0 aliphatic rings. The molecule has 0 aromatic heterocycles. The molecule has 0 bridgehead atoms. The molecule has 0 spiro atoms. The van der Waals surface area contributed by atoms with Crippen molar-refractivity contribution in [3.05, 3.63) is 34.9 Å². The van der Waals surface area contributed by atoms with E-state index in [2.05, 4.69) is 5.32 Å². The highest BCUT2D eigenvalue weighted by molar-refractivity contribution is 6.30. The molecule has 116 valence electrons. The smallest absolute Gasteiger partial charge is 0.239 e. The summed E-state index contributed by atoms with van der Waals surface area (Å²) in [5, 5.41) is 13.3. The lowest BCUT2D eigenvalue weighted by atomic mass is 10.1. The molecule has 1 aromatic carbocycles. The first-order chi connectivity index (χ1) is 9.79. The molecule has 21 heavy (non-hydrogen) atoms. The SMILES string of the molecule is CC(C)NC(=O)CN(C)C(=O)CC(O)c1ccc(Cl)cc1. The molecule has 2 amide bonds. The van der Waals surface area contributed by atoms with Gasteiger partial charge >= 0.3 is 0 Å². The monoisotopic (exact) mass is 312 g/mol. The largest absolute Gasteiger partial charge is 0.388 e. The second kappa shape index (κ2) is 8.00. The Morgan fingerprint density at radius 2 is 1.86 bits per heavy atom. The number of likely N-dealkylation sites (N-methyl/N-ethyl adjacent to an activating group) is 1. The van der Waals surface area contributed by atoms with Crippen LogP contribution >= 0.6 is 11.6 Å². The maximum atomic E-state index is 12.0. The Morgan fingerprint density at radius 3 is 2.38 bits per heavy atom. The number of hydrogen-bond donors (Lipinski definition) is 2. The van der Waals surface area contributed by atoms with Crippen LogP contribution in [0, 0.1) is 0 Å². The van der Waals surface area contributed by atoms with Crippen LogP contribution in [0.25, 0.3) is 0 Å². The van der Waals surface area contributed by atoms with Gasteiger partial charge in [0.1, 0.15) is 0 Å². The van der Waals surface area contributed by atoms with Crippen molar-refractivity contribution in [2.24, 2.45) is 0 Å². The Morgan fingerprint density at radius 1 is 1.29 bits per heavy atom. The standard InChI is InChI=1S/C15H21ClN2O3/c1-10(2)17-14(20)9-18(3)15(21)8-13(19)11-4-6-12(16)7-5-11/h4-7,10,13,19H,8-9H2,1-3H3,(H,17,20). The predicted molar refractivity (Wildman–Crippen MR) is 81.9 cm³/mol. The summed E-state index contributed by atoms with van der Waals surface area (Å²) in [5.74, 6) is -0.516. The normalized spacial score (nSPS) is 12.1. The number of aliphatic hydroxyl groups is 1. The lowest BCUT2D eigenvalue weighted by Gasteiger charge is -2.19. The van der Waals surface area contributed by atoms with Crippen LogP contribution in [-0.4, -0.2) is 41.5 Å². The molecule has 2 N–H and O–H groups in total. The number of carbonyl (C=O) groups is 2. The van der Waals surface area contributed by atoms with Gasteiger partial charge in [-0.15, -0.1) is 0 Å². The van der Waals surface area contributed by atoms with E-state index in [1.807, 2.05) is 13.8 Å². The Kier molecular flexibility index (Phi) is 6.65. The zero-order valence-electron chi connectivity index (χ0n) is 12.5. The summed E-state index contributed by atoms with van der Waals surface area (Å²) in [4.78, 5) is 24.9. The molecule has 0 fully saturated rings. The molecule has 0 radical (unpaired) electrons. The Balaban J connectivity index is 2.51. The van der Waals surface area contributed by atoms with Gasteiger partial charge in [0.2, 0.25) is 11.8 Å². The first-order valence-corrected chi connectivity index (χ1v) is 7.14. The lowest BCUT2D eigenvalue weighted by molar-refractivity contribution is -0.136. The van der Waals surface area contributed by atoms with Gasteiger partial charge in [-0.05, 0) is 31.5 Å². The van der Waals surface area contributed by atoms with Crippen molar-refractivity contribution < 1.29 is 14.7 Å². The van der Waals surface area contributed by atoms with Crippen LogP contribution in [0.1, 0.15) is 31.9 Å². The van der Waals surface area contributed by atoms with Crippen molar-refractivity contribution in [3.8, 4) is 0 Å². The second-order valence-corrected chi connectivity index (χ2v) is 5.68. The van der Waals surface area contributed by atoms with E-state index in [0.717, 1.165) is 0 Å². The first-order valence-electron chi connectivity index (χ1n) is 6.76. The minimum atomic E-state index is -0.912. The van der Waals surface area contributed by atoms with Crippen molar-refractivity contribution in [2.45, 2.75) is 32.4 Å². The van der Waals surface area contributed by atoms with Gasteiger partial charge in [-0.1, -0.05) is 23.7 Å². The Labute approximate surface area is 129 Å². The molecule has 1 rings (SSSR count). The molecular weight excluding hydrogens is 292 g/mol. The summed E-state index contributed by atoms with van der Waals surface area (Å²) < 4.78 is 0. The third-order valence-corrected chi connectivity index (χ3v) is 3.13. The van der Waals surface area contributed by atoms with Gasteiger partial charge < -0.3 is 15.3 Å². The van der Waals surface area contributed by atoms with Gasteiger partial charge in [-0.2, -0.15) is 0 Å². The summed E-state index contributed by atoms with van der Waals surface area (Å²) in [6.45, 7) is 3.68. The van der Waals surface area contributed by atoms with E-state index in [4.69, 9.17) is 11.6 Å². The highest BCUT2D eigenvalue weighted by atomic mass is 35.5. The third kappa shape index (κ3) is 6.14. The van der Waals surface area contributed by atoms with Crippen LogP contribution in [0.3, 0.4) is 0 Å². The van der Waals surface area contributed by atoms with E-state index in [0.29, 0.717) is 10.6 Å². The van der Waals surface area contributed by atoms with E-state index >= 15 is 0 Å². The van der Waals surface area contributed by atoms with Crippen molar-refractivity contribution >= 4 is 23.4 Å². The fraction of sp³-hybridized carbons (Fsp3) is 0.467. The number of amides is 2. The zero-order valence-corrected chi connectivity index (χ0v) is 13.2. The number of aliphatic hydroxyl groups excluding tert-OH is 1. The second-order valence-electron chi connectivity index (χ2n) is 5.24. The number of carbonyl (C=O) groups excluding carboxylic acids is 2. The molecule has 1 atom stereocenters. The van der Waals surface area contributed by atoms with Crippen LogP contribution < -0.4 is 5.32 Å². The van der Waals surface area contributed by atoms with E-state index < -0.39 is 6.10 Å². The summed E-state index contributed by atoms with van der Waals surface area (Å²) in [6.07, 6.45) is -0.988. The Bertz CT molecular complexity index is 488. The zero-order chi connectivity index (χ0) is 16.0. The molecular formula is C15H21ClN2O3. The van der Waals surface area contributed by atoms with Crippen LogP contribution in [0.2, 0.25) is 5.02 Å². The number of nitrogens with one attached hydrogen (secondary N) is 1. The Hall–Kier alpha value is -1.59. The van der Waals surface area contributed by atoms with E-state index in [1.54, 1.807) is 24.3 Å². The summed E-state index contributed by atoms with van der Waals surface area (Å²) in [6, 6.07) is 6.69. The summed E-state index contributed by atoms with van der Waals surface area (Å²) in [5.41, 5.74) is 0.618. The van der Waals surface area contributed by atoms with Crippen LogP contribution in [-0.2, 0) is 9.59 Å². The lowest BCUT2D eigenvalue weighted by Crippen LogP contribution is -2.41. The highest BCUT2D eigenvalue weighted by Crippen LogP contribution is 2.19. The van der Waals surface area contributed by atoms with Gasteiger partial charge in [0.25, 0.3) is 0 Å². The molecule has 0 heterocycles. The van der Waals surface area contributed by atoms with Gasteiger partial charge in [-0.3, -0.25) is 9.59 Å². The number of benzene rings is 1. The average molecular weight is 313 g/mol. The fourth-order valence-electron chi connectivity index (χ4n) is 1.80. The van der Waals surface area contributed by atoms with Crippen molar-refractivity contribution in [3.63, 3.8) is 0 Å². The van der Waals surface area contributed by atoms with Gasteiger partial charge in [-0.25, -0.2) is 0 Å². The molecule has 5 nitrogen and oxygen atoms in total. The fourth-order valence-corrected chi connectivity index (χ4v) is 1.92. The number of rotatable bonds is 6. The van der Waals surface area contributed by atoms with Crippen molar-refractivity contribution in [1.29, 1.82) is 0 Å². The topological polar surface area (TPSA) is 69.6 Å². The van der Waals surface area contributed by atoms with Crippen LogP contribution in [0.4, 0.5) is 0 Å². The van der Waals surface area contributed by atoms with Crippen LogP contribution in [0.15, 0.2) is 24.3 Å².